The van der Waals surface area contributed by atoms with E-state index in [0.29, 0.717) is 34.4 Å². The van der Waals surface area contributed by atoms with E-state index < -0.39 is 0 Å². The molecule has 0 atom stereocenters. The standard InChI is InChI=1S/C45H48O6/c46-40-19-13-31(14-20-40)28-1-7-34(8-2-28)43(49)37-25-38(44(50)35-9-3-29(4-10-35)32-15-21-41(47)22-16-32)27-39(26-37)45(51)36-11-5-30(6-12-36)33-17-23-42(48)24-18-33/h13-30,34-36,46-48H,1-12H2. The molecule has 0 amide bonds. The van der Waals surface area contributed by atoms with Gasteiger partial charge in [-0.15, -0.1) is 0 Å². The molecule has 0 saturated heterocycles. The average Bonchev–Trinajstić information content (AvgIpc) is 3.18. The van der Waals surface area contributed by atoms with Gasteiger partial charge in [-0.1, -0.05) is 36.4 Å². The molecule has 6 heteroatoms. The predicted octanol–water partition coefficient (Wildman–Crippen LogP) is 10.3. The van der Waals surface area contributed by atoms with Gasteiger partial charge in [0.15, 0.2) is 17.3 Å². The number of aromatic hydroxyl groups is 3. The number of ketones is 3. The van der Waals surface area contributed by atoms with Crippen molar-refractivity contribution in [2.75, 3.05) is 0 Å². The third-order valence-corrected chi connectivity index (χ3v) is 12.2. The minimum atomic E-state index is -0.159. The molecule has 3 aliphatic rings. The Labute approximate surface area is 300 Å². The second-order valence-corrected chi connectivity index (χ2v) is 15.3. The molecule has 0 heterocycles. The van der Waals surface area contributed by atoms with Crippen LogP contribution in [-0.2, 0) is 0 Å². The average molecular weight is 685 g/mol. The van der Waals surface area contributed by atoms with Crippen LogP contribution in [0.3, 0.4) is 0 Å². The number of hydrogen-bond acceptors (Lipinski definition) is 6. The summed E-state index contributed by atoms with van der Waals surface area (Å²) in [5.74, 6) is 1.36. The van der Waals surface area contributed by atoms with Crippen molar-refractivity contribution < 1.29 is 29.7 Å². The van der Waals surface area contributed by atoms with Crippen LogP contribution in [0.5, 0.6) is 17.2 Å². The summed E-state index contributed by atoms with van der Waals surface area (Å²) in [6.45, 7) is 0. The molecule has 0 aromatic heterocycles. The van der Waals surface area contributed by atoms with E-state index in [9.17, 15) is 29.7 Å². The first kappa shape index (κ1) is 34.7. The van der Waals surface area contributed by atoms with Crippen molar-refractivity contribution in [2.45, 2.75) is 94.8 Å². The van der Waals surface area contributed by atoms with Gasteiger partial charge in [0.05, 0.1) is 0 Å². The first-order valence-electron chi connectivity index (χ1n) is 18.9. The van der Waals surface area contributed by atoms with Crippen LogP contribution in [0.15, 0.2) is 91.0 Å². The Morgan fingerprint density at radius 1 is 0.353 bits per heavy atom. The Kier molecular flexibility index (Phi) is 10.4. The van der Waals surface area contributed by atoms with Gasteiger partial charge in [-0.2, -0.15) is 0 Å². The molecule has 3 aliphatic carbocycles. The van der Waals surface area contributed by atoms with E-state index in [1.54, 1.807) is 54.6 Å². The summed E-state index contributed by atoms with van der Waals surface area (Å²) in [6, 6.07) is 27.4. The van der Waals surface area contributed by atoms with Gasteiger partial charge in [-0.05, 0) is 166 Å². The summed E-state index contributed by atoms with van der Waals surface area (Å²) in [6.07, 6.45) is 9.72. The highest BCUT2D eigenvalue weighted by molar-refractivity contribution is 6.07. The van der Waals surface area contributed by atoms with Crippen LogP contribution in [0.2, 0.25) is 0 Å². The smallest absolute Gasteiger partial charge is 0.165 e. The van der Waals surface area contributed by atoms with E-state index in [0.717, 1.165) is 77.0 Å². The number of hydrogen-bond donors (Lipinski definition) is 3. The number of benzene rings is 4. The largest absolute Gasteiger partial charge is 0.508 e. The minimum Gasteiger partial charge on any atom is -0.508 e. The number of carbonyl (C=O) groups excluding carboxylic acids is 3. The number of phenols is 3. The number of phenolic OH excluding ortho intramolecular Hbond substituents is 3. The highest BCUT2D eigenvalue weighted by Crippen LogP contribution is 2.41. The summed E-state index contributed by atoms with van der Waals surface area (Å²) >= 11 is 0. The monoisotopic (exact) mass is 684 g/mol. The molecule has 3 N–H and O–H groups in total. The Hall–Kier alpha value is -4.71. The van der Waals surface area contributed by atoms with E-state index in [2.05, 4.69) is 0 Å². The fourth-order valence-corrected chi connectivity index (χ4v) is 9.07. The van der Waals surface area contributed by atoms with Gasteiger partial charge in [0, 0.05) is 34.4 Å². The van der Waals surface area contributed by atoms with Crippen LogP contribution < -0.4 is 0 Å². The molecule has 6 nitrogen and oxygen atoms in total. The lowest BCUT2D eigenvalue weighted by Gasteiger charge is -2.30. The highest BCUT2D eigenvalue weighted by Gasteiger charge is 2.33. The quantitative estimate of drug-likeness (QED) is 0.151. The molecule has 51 heavy (non-hydrogen) atoms. The molecule has 0 bridgehead atoms. The number of Topliss-reactive ketones (excluding diaryl/α,β-unsaturated/α-hetero) is 3. The highest BCUT2D eigenvalue weighted by atomic mass is 16.3. The fourth-order valence-electron chi connectivity index (χ4n) is 9.07. The lowest BCUT2D eigenvalue weighted by molar-refractivity contribution is 0.0882. The van der Waals surface area contributed by atoms with Gasteiger partial charge >= 0.3 is 0 Å². The van der Waals surface area contributed by atoms with Crippen molar-refractivity contribution in [1.82, 2.24) is 0 Å². The summed E-state index contributed by atoms with van der Waals surface area (Å²) in [4.78, 5) is 42.4. The first-order valence-corrected chi connectivity index (χ1v) is 18.9. The molecule has 3 saturated carbocycles. The Morgan fingerprint density at radius 2 is 0.569 bits per heavy atom. The summed E-state index contributed by atoms with van der Waals surface area (Å²) in [5.41, 5.74) is 4.98. The molecular formula is C45H48O6. The maximum absolute atomic E-state index is 14.1. The number of carbonyl (C=O) groups is 3. The third-order valence-electron chi connectivity index (χ3n) is 12.2. The second-order valence-electron chi connectivity index (χ2n) is 15.3. The second kappa shape index (κ2) is 15.3. The Balaban J connectivity index is 1.08. The van der Waals surface area contributed by atoms with Gasteiger partial charge in [0.1, 0.15) is 17.2 Å². The van der Waals surface area contributed by atoms with Gasteiger partial charge in [0.25, 0.3) is 0 Å². The predicted molar refractivity (Wildman–Crippen MR) is 198 cm³/mol. The van der Waals surface area contributed by atoms with Crippen LogP contribution in [-0.4, -0.2) is 32.7 Å². The van der Waals surface area contributed by atoms with E-state index in [1.807, 2.05) is 36.4 Å². The SMILES string of the molecule is O=C(c1cc(C(=O)C2CCC(c3ccc(O)cc3)CC2)cc(C(=O)C2CCC(c3ccc(O)cc3)CC2)c1)C1CCC(c2ccc(O)cc2)CC1. The van der Waals surface area contributed by atoms with Gasteiger partial charge in [-0.25, -0.2) is 0 Å². The normalized spacial score (nSPS) is 25.2. The number of rotatable bonds is 9. The first-order chi connectivity index (χ1) is 24.7. The van der Waals surface area contributed by atoms with Crippen molar-refractivity contribution in [3.8, 4) is 17.2 Å². The zero-order valence-corrected chi connectivity index (χ0v) is 29.2. The Bertz CT molecular complexity index is 1600. The molecule has 264 valence electrons. The lowest BCUT2D eigenvalue weighted by Crippen LogP contribution is -2.25. The molecule has 3 fully saturated rings. The molecule has 0 radical (unpaired) electrons. The third kappa shape index (κ3) is 7.96. The minimum absolute atomic E-state index is 0.0231. The van der Waals surface area contributed by atoms with Crippen molar-refractivity contribution in [3.05, 3.63) is 124 Å². The topological polar surface area (TPSA) is 112 Å². The van der Waals surface area contributed by atoms with E-state index >= 15 is 0 Å². The van der Waals surface area contributed by atoms with E-state index in [-0.39, 0.29) is 52.4 Å². The molecule has 7 rings (SSSR count). The van der Waals surface area contributed by atoms with Crippen LogP contribution in [0.1, 0.15) is 143 Å². The molecule has 0 unspecified atom stereocenters. The lowest BCUT2D eigenvalue weighted by atomic mass is 9.74. The van der Waals surface area contributed by atoms with Gasteiger partial charge in [-0.3, -0.25) is 14.4 Å². The molecule has 4 aromatic carbocycles. The molecule has 0 aliphatic heterocycles. The maximum Gasteiger partial charge on any atom is 0.165 e. The van der Waals surface area contributed by atoms with Crippen molar-refractivity contribution >= 4 is 17.3 Å². The Morgan fingerprint density at radius 3 is 0.784 bits per heavy atom. The van der Waals surface area contributed by atoms with E-state index in [1.165, 1.54) is 16.7 Å². The van der Waals surface area contributed by atoms with Crippen LogP contribution in [0.4, 0.5) is 0 Å². The van der Waals surface area contributed by atoms with Gasteiger partial charge < -0.3 is 15.3 Å². The van der Waals surface area contributed by atoms with Gasteiger partial charge in [0.2, 0.25) is 0 Å². The van der Waals surface area contributed by atoms with Crippen molar-refractivity contribution in [2.24, 2.45) is 17.8 Å². The van der Waals surface area contributed by atoms with Crippen LogP contribution in [0, 0.1) is 17.8 Å². The fraction of sp³-hybridized carbons (Fsp3) is 0.400. The van der Waals surface area contributed by atoms with Crippen molar-refractivity contribution in [1.29, 1.82) is 0 Å². The van der Waals surface area contributed by atoms with Crippen LogP contribution >= 0.6 is 0 Å². The summed E-state index contributed by atoms with van der Waals surface area (Å²) < 4.78 is 0. The van der Waals surface area contributed by atoms with Crippen LogP contribution in [0.25, 0.3) is 0 Å². The zero-order valence-electron chi connectivity index (χ0n) is 29.2. The molecule has 0 spiro atoms. The van der Waals surface area contributed by atoms with E-state index in [4.69, 9.17) is 0 Å². The maximum atomic E-state index is 14.1. The van der Waals surface area contributed by atoms with Crippen molar-refractivity contribution in [3.63, 3.8) is 0 Å². The molecule has 4 aromatic rings. The summed E-state index contributed by atoms with van der Waals surface area (Å²) in [7, 11) is 0. The molecular weight excluding hydrogens is 636 g/mol. The summed E-state index contributed by atoms with van der Waals surface area (Å²) in [5, 5.41) is 29.1. The zero-order chi connectivity index (χ0) is 35.5.